The molecule has 0 spiro atoms. The Kier molecular flexibility index (Phi) is 6.27. The highest BCUT2D eigenvalue weighted by Gasteiger charge is 2.42. The van der Waals surface area contributed by atoms with Crippen LogP contribution in [0.5, 0.6) is 0 Å². The molecule has 1 aliphatic carbocycles. The van der Waals surface area contributed by atoms with E-state index in [9.17, 15) is 9.59 Å². The first-order chi connectivity index (χ1) is 9.53. The Morgan fingerprint density at radius 2 is 1.70 bits per heavy atom. The molecule has 2 amide bonds. The van der Waals surface area contributed by atoms with Crippen molar-refractivity contribution in [2.24, 2.45) is 16.3 Å². The van der Waals surface area contributed by atoms with Crippen molar-refractivity contribution in [1.29, 1.82) is 0 Å². The molecule has 0 bridgehead atoms. The van der Waals surface area contributed by atoms with Crippen molar-refractivity contribution in [2.45, 2.75) is 45.4 Å². The summed E-state index contributed by atoms with van der Waals surface area (Å²) in [6.07, 6.45) is 5.06. The zero-order valence-corrected chi connectivity index (χ0v) is 11.9. The molecule has 0 radical (unpaired) electrons. The Labute approximate surface area is 119 Å². The molecule has 5 N–H and O–H groups in total. The van der Waals surface area contributed by atoms with Crippen molar-refractivity contribution in [3.63, 3.8) is 0 Å². The van der Waals surface area contributed by atoms with Gasteiger partial charge in [0, 0.05) is 20.0 Å². The SMILES string of the molecule is CC(=O)NCCNC(=O)C1(C(N)=NO)CCCCCC1. The molecule has 1 aliphatic rings. The lowest BCUT2D eigenvalue weighted by molar-refractivity contribution is -0.128. The number of amides is 2. The molecular weight excluding hydrogens is 260 g/mol. The summed E-state index contributed by atoms with van der Waals surface area (Å²) in [6.45, 7) is 2.12. The smallest absolute Gasteiger partial charge is 0.234 e. The van der Waals surface area contributed by atoms with Crippen LogP contribution in [0.15, 0.2) is 5.16 Å². The van der Waals surface area contributed by atoms with Crippen LogP contribution in [0.4, 0.5) is 0 Å². The molecule has 0 heterocycles. The second kappa shape index (κ2) is 7.72. The van der Waals surface area contributed by atoms with Gasteiger partial charge >= 0.3 is 0 Å². The van der Waals surface area contributed by atoms with Crippen LogP contribution in [-0.4, -0.2) is 35.9 Å². The number of hydrogen-bond donors (Lipinski definition) is 4. The van der Waals surface area contributed by atoms with Crippen molar-refractivity contribution in [2.75, 3.05) is 13.1 Å². The third-order valence-electron chi connectivity index (χ3n) is 3.77. The summed E-state index contributed by atoms with van der Waals surface area (Å²) in [7, 11) is 0. The average Bonchev–Trinajstić information content (AvgIpc) is 2.69. The molecule has 1 saturated carbocycles. The number of carbonyl (C=O) groups is 2. The molecule has 0 unspecified atom stereocenters. The van der Waals surface area contributed by atoms with Gasteiger partial charge in [-0.05, 0) is 12.8 Å². The highest BCUT2D eigenvalue weighted by Crippen LogP contribution is 2.35. The number of oxime groups is 1. The molecular formula is C13H24N4O3. The number of hydrogen-bond acceptors (Lipinski definition) is 4. The fourth-order valence-electron chi connectivity index (χ4n) is 2.61. The molecule has 0 aromatic carbocycles. The maximum Gasteiger partial charge on any atom is 0.234 e. The molecule has 0 saturated heterocycles. The summed E-state index contributed by atoms with van der Waals surface area (Å²) in [5.41, 5.74) is 4.86. The Bertz CT molecular complexity index is 374. The van der Waals surface area contributed by atoms with Crippen molar-refractivity contribution >= 4 is 17.6 Å². The molecule has 1 rings (SSSR count). The van der Waals surface area contributed by atoms with Gasteiger partial charge in [0.05, 0.1) is 0 Å². The largest absolute Gasteiger partial charge is 0.409 e. The van der Waals surface area contributed by atoms with Crippen molar-refractivity contribution in [3.05, 3.63) is 0 Å². The predicted octanol–water partition coefficient (Wildman–Crippen LogP) is 0.326. The van der Waals surface area contributed by atoms with Crippen LogP contribution in [0.3, 0.4) is 0 Å². The minimum Gasteiger partial charge on any atom is -0.409 e. The van der Waals surface area contributed by atoms with Gasteiger partial charge in [-0.3, -0.25) is 9.59 Å². The highest BCUT2D eigenvalue weighted by molar-refractivity contribution is 6.06. The van der Waals surface area contributed by atoms with Crippen LogP contribution in [0.1, 0.15) is 45.4 Å². The summed E-state index contributed by atoms with van der Waals surface area (Å²) in [4.78, 5) is 23.2. The normalized spacial score (nSPS) is 18.9. The first-order valence-corrected chi connectivity index (χ1v) is 7.03. The number of carbonyl (C=O) groups excluding carboxylic acids is 2. The third-order valence-corrected chi connectivity index (χ3v) is 3.77. The fraction of sp³-hybridized carbons (Fsp3) is 0.769. The van der Waals surface area contributed by atoms with E-state index in [0.717, 1.165) is 25.7 Å². The van der Waals surface area contributed by atoms with E-state index in [-0.39, 0.29) is 17.6 Å². The van der Waals surface area contributed by atoms with E-state index < -0.39 is 5.41 Å². The van der Waals surface area contributed by atoms with Gasteiger partial charge in [0.2, 0.25) is 11.8 Å². The number of rotatable bonds is 5. The van der Waals surface area contributed by atoms with Crippen LogP contribution < -0.4 is 16.4 Å². The standard InChI is InChI=1S/C13H24N4O3/c1-10(18)15-8-9-16-12(19)13(11(14)17-20)6-4-2-3-5-7-13/h20H,2-9H2,1H3,(H2,14,17)(H,15,18)(H,16,19). The zero-order chi connectivity index (χ0) is 15.0. The lowest BCUT2D eigenvalue weighted by atomic mass is 9.78. The van der Waals surface area contributed by atoms with Gasteiger partial charge in [-0.25, -0.2) is 0 Å². The average molecular weight is 284 g/mol. The van der Waals surface area contributed by atoms with Gasteiger partial charge in [0.1, 0.15) is 5.41 Å². The van der Waals surface area contributed by atoms with Crippen molar-refractivity contribution < 1.29 is 14.8 Å². The lowest BCUT2D eigenvalue weighted by Gasteiger charge is -2.29. The quantitative estimate of drug-likeness (QED) is 0.145. The van der Waals surface area contributed by atoms with E-state index >= 15 is 0 Å². The van der Waals surface area contributed by atoms with Gasteiger partial charge in [-0.2, -0.15) is 0 Å². The summed E-state index contributed by atoms with van der Waals surface area (Å²) in [5.74, 6) is -0.378. The number of amidine groups is 1. The summed E-state index contributed by atoms with van der Waals surface area (Å²) in [6, 6.07) is 0. The molecule has 7 nitrogen and oxygen atoms in total. The second-order valence-electron chi connectivity index (χ2n) is 5.22. The molecule has 7 heteroatoms. The van der Waals surface area contributed by atoms with Gasteiger partial charge in [-0.1, -0.05) is 30.8 Å². The Morgan fingerprint density at radius 3 is 2.20 bits per heavy atom. The monoisotopic (exact) mass is 284 g/mol. The summed E-state index contributed by atoms with van der Waals surface area (Å²) >= 11 is 0. The maximum atomic E-state index is 12.4. The topological polar surface area (TPSA) is 117 Å². The number of nitrogens with one attached hydrogen (secondary N) is 2. The molecule has 0 aliphatic heterocycles. The van der Waals surface area contributed by atoms with Crippen LogP contribution in [0.25, 0.3) is 0 Å². The fourth-order valence-corrected chi connectivity index (χ4v) is 2.61. The van der Waals surface area contributed by atoms with E-state index in [1.807, 2.05) is 0 Å². The van der Waals surface area contributed by atoms with E-state index in [1.165, 1.54) is 6.92 Å². The van der Waals surface area contributed by atoms with Crippen LogP contribution in [-0.2, 0) is 9.59 Å². The lowest BCUT2D eigenvalue weighted by Crippen LogP contribution is -2.50. The molecule has 0 atom stereocenters. The summed E-state index contributed by atoms with van der Waals surface area (Å²) < 4.78 is 0. The van der Waals surface area contributed by atoms with Gasteiger partial charge in [0.15, 0.2) is 5.84 Å². The first-order valence-electron chi connectivity index (χ1n) is 7.03. The minimum atomic E-state index is -0.915. The molecule has 0 aromatic heterocycles. The van der Waals surface area contributed by atoms with E-state index in [4.69, 9.17) is 10.9 Å². The Balaban J connectivity index is 2.67. The van der Waals surface area contributed by atoms with Gasteiger partial charge in [0.25, 0.3) is 0 Å². The third kappa shape index (κ3) is 4.11. The molecule has 1 fully saturated rings. The first kappa shape index (κ1) is 16.3. The Morgan fingerprint density at radius 1 is 1.15 bits per heavy atom. The van der Waals surface area contributed by atoms with E-state index in [2.05, 4.69) is 15.8 Å². The zero-order valence-electron chi connectivity index (χ0n) is 11.9. The molecule has 0 aromatic rings. The van der Waals surface area contributed by atoms with Crippen LogP contribution in [0, 0.1) is 5.41 Å². The maximum absolute atomic E-state index is 12.4. The number of nitrogens with two attached hydrogens (primary N) is 1. The van der Waals surface area contributed by atoms with E-state index in [0.29, 0.717) is 25.9 Å². The molecule has 114 valence electrons. The number of nitrogens with zero attached hydrogens (tertiary/aromatic N) is 1. The van der Waals surface area contributed by atoms with Crippen molar-refractivity contribution in [3.8, 4) is 0 Å². The Hall–Kier alpha value is -1.79. The van der Waals surface area contributed by atoms with E-state index in [1.54, 1.807) is 0 Å². The van der Waals surface area contributed by atoms with Gasteiger partial charge < -0.3 is 21.6 Å². The highest BCUT2D eigenvalue weighted by atomic mass is 16.4. The minimum absolute atomic E-state index is 0.0172. The second-order valence-corrected chi connectivity index (χ2v) is 5.22. The van der Waals surface area contributed by atoms with Gasteiger partial charge in [-0.15, -0.1) is 0 Å². The predicted molar refractivity (Wildman–Crippen MR) is 75.2 cm³/mol. The van der Waals surface area contributed by atoms with Crippen LogP contribution >= 0.6 is 0 Å². The summed E-state index contributed by atoms with van der Waals surface area (Å²) in [5, 5.41) is 17.4. The van der Waals surface area contributed by atoms with Crippen LogP contribution in [0.2, 0.25) is 0 Å². The molecule has 20 heavy (non-hydrogen) atoms. The van der Waals surface area contributed by atoms with Crippen molar-refractivity contribution in [1.82, 2.24) is 10.6 Å².